The molecule has 1 aliphatic carbocycles. The van der Waals surface area contributed by atoms with Crippen molar-refractivity contribution in [3.63, 3.8) is 0 Å². The number of aliphatic hydroxyl groups excluding tert-OH is 1. The highest BCUT2D eigenvalue weighted by Crippen LogP contribution is 2.52. The molecule has 182 valence electrons. The first kappa shape index (κ1) is 27.4. The number of halogens is 2. The summed E-state index contributed by atoms with van der Waals surface area (Å²) in [6, 6.07) is 0. The number of hydrogen-bond acceptors (Lipinski definition) is 5. The molecule has 0 aromatic heterocycles. The standard InChI is InChI=1S/C23H43F2N2O2PS/c1-4-16(3)18-11-17(6-5-15(2)9-10-27-29)20-8-7-19(12-21(28)23(24,25)30)22(20,14-31)26-13-18/h15-21,26,28,31H,4-14,30H2,1-3H3/t15?,16-,17?,18?,19+,20?,21+,22+/m0/s1. The molecular formula is C23H43F2N2O2PS. The third-order valence-corrected chi connectivity index (χ3v) is 9.40. The molecule has 2 fully saturated rings. The first-order valence-corrected chi connectivity index (χ1v) is 13.3. The van der Waals surface area contributed by atoms with Crippen LogP contribution in [0.1, 0.15) is 72.1 Å². The van der Waals surface area contributed by atoms with Gasteiger partial charge >= 0.3 is 0 Å². The Morgan fingerprint density at radius 2 is 2.03 bits per heavy atom. The fourth-order valence-electron chi connectivity index (χ4n) is 6.15. The van der Waals surface area contributed by atoms with E-state index in [-0.39, 0.29) is 17.9 Å². The highest BCUT2D eigenvalue weighted by Gasteiger charge is 2.54. The Balaban J connectivity index is 2.24. The van der Waals surface area contributed by atoms with E-state index in [9.17, 15) is 18.8 Å². The van der Waals surface area contributed by atoms with E-state index in [4.69, 9.17) is 12.6 Å². The van der Waals surface area contributed by atoms with E-state index < -0.39 is 11.8 Å². The van der Waals surface area contributed by atoms with Gasteiger partial charge in [-0.15, -0.1) is 0 Å². The summed E-state index contributed by atoms with van der Waals surface area (Å²) in [5, 5.41) is 17.0. The van der Waals surface area contributed by atoms with Crippen molar-refractivity contribution in [2.75, 3.05) is 18.8 Å². The highest BCUT2D eigenvalue weighted by molar-refractivity contribution is 7.80. The summed E-state index contributed by atoms with van der Waals surface area (Å²) in [4.78, 5) is 10.5. The van der Waals surface area contributed by atoms with Gasteiger partial charge in [0.2, 0.25) is 0 Å². The largest absolute Gasteiger partial charge is 0.386 e. The molecule has 1 saturated carbocycles. The van der Waals surface area contributed by atoms with Gasteiger partial charge in [0.25, 0.3) is 5.66 Å². The molecule has 0 aromatic carbocycles. The summed E-state index contributed by atoms with van der Waals surface area (Å²) < 4.78 is 27.5. The zero-order valence-corrected chi connectivity index (χ0v) is 21.5. The van der Waals surface area contributed by atoms with Crippen molar-refractivity contribution < 1.29 is 13.9 Å². The molecule has 1 heterocycles. The molecule has 4 nitrogen and oxygen atoms in total. The van der Waals surface area contributed by atoms with Gasteiger partial charge in [-0.2, -0.15) is 26.3 Å². The minimum Gasteiger partial charge on any atom is -0.386 e. The second kappa shape index (κ2) is 12.0. The molecule has 0 radical (unpaired) electrons. The minimum atomic E-state index is -3.17. The van der Waals surface area contributed by atoms with Gasteiger partial charge < -0.3 is 10.4 Å². The first-order chi connectivity index (χ1) is 14.6. The van der Waals surface area contributed by atoms with Gasteiger partial charge in [0.15, 0.2) is 0 Å². The lowest BCUT2D eigenvalue weighted by atomic mass is 9.70. The lowest BCUT2D eigenvalue weighted by Crippen LogP contribution is -2.56. The fraction of sp³-hybridized carbons (Fsp3) is 1.00. The van der Waals surface area contributed by atoms with Crippen molar-refractivity contribution in [3.05, 3.63) is 4.91 Å². The maximum Gasteiger partial charge on any atom is 0.284 e. The van der Waals surface area contributed by atoms with E-state index in [1.165, 1.54) is 9.24 Å². The van der Waals surface area contributed by atoms with Crippen LogP contribution in [-0.2, 0) is 0 Å². The zero-order valence-electron chi connectivity index (χ0n) is 19.4. The molecule has 0 aromatic rings. The van der Waals surface area contributed by atoms with Crippen LogP contribution in [0, 0.1) is 40.4 Å². The van der Waals surface area contributed by atoms with E-state index in [0.29, 0.717) is 41.9 Å². The van der Waals surface area contributed by atoms with Gasteiger partial charge in [-0.05, 0) is 80.6 Å². The summed E-state index contributed by atoms with van der Waals surface area (Å²) in [6.07, 6.45) is 5.54. The van der Waals surface area contributed by atoms with Gasteiger partial charge in [0.05, 0.1) is 6.54 Å². The Kier molecular flexibility index (Phi) is 10.6. The number of nitrogens with one attached hydrogen (secondary N) is 1. The van der Waals surface area contributed by atoms with Gasteiger partial charge in [0, 0.05) is 11.3 Å². The molecule has 2 rings (SSSR count). The van der Waals surface area contributed by atoms with Crippen molar-refractivity contribution in [3.8, 4) is 0 Å². The second-order valence-electron chi connectivity index (χ2n) is 10.4. The maximum atomic E-state index is 13.7. The average Bonchev–Trinajstić information content (AvgIpc) is 2.99. The number of thiol groups is 1. The number of aliphatic hydroxyl groups is 1. The molecule has 9 atom stereocenters. The normalized spacial score (nSPS) is 34.6. The predicted octanol–water partition coefficient (Wildman–Crippen LogP) is 5.74. The summed E-state index contributed by atoms with van der Waals surface area (Å²) in [5.74, 6) is 3.09. The van der Waals surface area contributed by atoms with E-state index >= 15 is 0 Å². The van der Waals surface area contributed by atoms with Gasteiger partial charge in [0.1, 0.15) is 6.10 Å². The predicted molar refractivity (Wildman–Crippen MR) is 131 cm³/mol. The Hall–Kier alpha value is 0.160. The SMILES string of the molecule is CC[C@H](C)C1CN[C@@]2(CS)C(CC[C@@H]2C[C@@H](O)C(F)(F)P)C(CCC(C)CCN=O)C1. The third-order valence-electron chi connectivity index (χ3n) is 8.49. The Morgan fingerprint density at radius 3 is 2.61 bits per heavy atom. The molecule has 0 bridgehead atoms. The molecule has 2 aliphatic rings. The van der Waals surface area contributed by atoms with Gasteiger partial charge in [-0.25, -0.2) is 0 Å². The molecule has 1 saturated heterocycles. The van der Waals surface area contributed by atoms with Crippen LogP contribution in [0.3, 0.4) is 0 Å². The number of fused-ring (bicyclic) bond motifs is 1. The lowest BCUT2D eigenvalue weighted by Gasteiger charge is -2.43. The second-order valence-corrected chi connectivity index (χ2v) is 11.4. The van der Waals surface area contributed by atoms with E-state index in [1.807, 2.05) is 0 Å². The molecule has 8 heteroatoms. The summed E-state index contributed by atoms with van der Waals surface area (Å²) in [7, 11) is 1.50. The van der Waals surface area contributed by atoms with Crippen LogP contribution in [-0.4, -0.2) is 41.3 Å². The van der Waals surface area contributed by atoms with Crippen LogP contribution in [0.4, 0.5) is 8.78 Å². The van der Waals surface area contributed by atoms with Crippen LogP contribution in [0.15, 0.2) is 5.18 Å². The topological polar surface area (TPSA) is 61.7 Å². The molecule has 0 spiro atoms. The van der Waals surface area contributed by atoms with Crippen molar-refractivity contribution in [2.24, 2.45) is 40.7 Å². The number of nitrogens with zero attached hydrogens (tertiary/aromatic N) is 1. The van der Waals surface area contributed by atoms with E-state index in [1.54, 1.807) is 0 Å². The summed E-state index contributed by atoms with van der Waals surface area (Å²) >= 11 is 4.75. The number of hydrogen-bond donors (Lipinski definition) is 3. The monoisotopic (exact) mass is 480 g/mol. The van der Waals surface area contributed by atoms with Crippen LogP contribution >= 0.6 is 21.9 Å². The Bertz CT molecular complexity index is 568. The van der Waals surface area contributed by atoms with Gasteiger partial charge in [-0.1, -0.05) is 48.0 Å². The van der Waals surface area contributed by atoms with Crippen molar-refractivity contribution in [1.29, 1.82) is 0 Å². The Labute approximate surface area is 195 Å². The van der Waals surface area contributed by atoms with Crippen LogP contribution < -0.4 is 5.32 Å². The van der Waals surface area contributed by atoms with Crippen molar-refractivity contribution in [2.45, 2.75) is 89.4 Å². The summed E-state index contributed by atoms with van der Waals surface area (Å²) in [6.45, 7) is 7.99. The highest BCUT2D eigenvalue weighted by atomic mass is 32.1. The smallest absolute Gasteiger partial charge is 0.284 e. The van der Waals surface area contributed by atoms with Crippen molar-refractivity contribution >= 4 is 21.9 Å². The van der Waals surface area contributed by atoms with Crippen LogP contribution in [0.5, 0.6) is 0 Å². The minimum absolute atomic E-state index is 0.00806. The lowest BCUT2D eigenvalue weighted by molar-refractivity contribution is -0.0517. The molecule has 2 N–H and O–H groups in total. The zero-order chi connectivity index (χ0) is 23.2. The fourth-order valence-corrected chi connectivity index (χ4v) is 6.89. The third kappa shape index (κ3) is 6.83. The van der Waals surface area contributed by atoms with Crippen LogP contribution in [0.25, 0.3) is 0 Å². The molecular weight excluding hydrogens is 437 g/mol. The molecule has 1 aliphatic heterocycles. The number of nitroso groups, excluding NO2 is 1. The molecule has 5 unspecified atom stereocenters. The first-order valence-electron chi connectivity index (χ1n) is 12.1. The average molecular weight is 481 g/mol. The molecule has 0 amide bonds. The van der Waals surface area contributed by atoms with E-state index in [2.05, 4.69) is 31.3 Å². The van der Waals surface area contributed by atoms with Crippen molar-refractivity contribution in [1.82, 2.24) is 5.32 Å². The summed E-state index contributed by atoms with van der Waals surface area (Å²) in [5.41, 5.74) is -3.47. The molecule has 31 heavy (non-hydrogen) atoms. The van der Waals surface area contributed by atoms with Crippen LogP contribution in [0.2, 0.25) is 0 Å². The number of alkyl halides is 2. The number of rotatable bonds is 12. The maximum absolute atomic E-state index is 13.7. The quantitative estimate of drug-likeness (QED) is 0.189. The van der Waals surface area contributed by atoms with Gasteiger partial charge in [-0.3, -0.25) is 0 Å². The van der Waals surface area contributed by atoms with E-state index in [0.717, 1.165) is 51.5 Å². The Morgan fingerprint density at radius 1 is 1.32 bits per heavy atom.